The van der Waals surface area contributed by atoms with Gasteiger partial charge >= 0.3 is 0 Å². The fourth-order valence-corrected chi connectivity index (χ4v) is 1.88. The molecule has 2 unspecified atom stereocenters. The van der Waals surface area contributed by atoms with E-state index in [0.29, 0.717) is 5.92 Å². The minimum absolute atomic E-state index is 0.283. The number of H-pyrrole nitrogens is 1. The van der Waals surface area contributed by atoms with Gasteiger partial charge < -0.3 is 5.73 Å². The molecule has 6 nitrogen and oxygen atoms in total. The van der Waals surface area contributed by atoms with Crippen LogP contribution < -0.4 is 5.73 Å². The lowest BCUT2D eigenvalue weighted by Crippen LogP contribution is -2.29. The van der Waals surface area contributed by atoms with Crippen molar-refractivity contribution in [1.29, 1.82) is 0 Å². The van der Waals surface area contributed by atoms with Crippen molar-refractivity contribution >= 4 is 0 Å². The van der Waals surface area contributed by atoms with Crippen LogP contribution in [0.25, 0.3) is 0 Å². The van der Waals surface area contributed by atoms with Gasteiger partial charge in [0, 0.05) is 12.6 Å². The van der Waals surface area contributed by atoms with Gasteiger partial charge in [-0.05, 0) is 25.8 Å². The zero-order chi connectivity index (χ0) is 9.97. The van der Waals surface area contributed by atoms with Gasteiger partial charge in [0.1, 0.15) is 0 Å². The number of rotatable bonds is 3. The summed E-state index contributed by atoms with van der Waals surface area (Å²) in [6.07, 6.45) is 1.18. The molecule has 1 fully saturated rings. The normalized spacial score (nSPS) is 25.4. The molecule has 0 spiro atoms. The maximum absolute atomic E-state index is 5.86. The standard InChI is InChI=1S/C8H16N6/c1-6(9)7-2-3-14(4-7)5-8-10-12-13-11-8/h6-7H,2-5,9H2,1H3,(H,10,11,12,13). The molecule has 2 rings (SSSR count). The molecule has 2 atom stereocenters. The first-order valence-electron chi connectivity index (χ1n) is 4.96. The number of hydrogen-bond acceptors (Lipinski definition) is 5. The Kier molecular flexibility index (Phi) is 2.74. The van der Waals surface area contributed by atoms with Crippen molar-refractivity contribution in [2.75, 3.05) is 13.1 Å². The van der Waals surface area contributed by atoms with Crippen molar-refractivity contribution in [3.8, 4) is 0 Å². The zero-order valence-electron chi connectivity index (χ0n) is 8.35. The second-order valence-corrected chi connectivity index (χ2v) is 3.97. The summed E-state index contributed by atoms with van der Waals surface area (Å²) in [5.41, 5.74) is 5.86. The molecular formula is C8H16N6. The Morgan fingerprint density at radius 1 is 1.71 bits per heavy atom. The highest BCUT2D eigenvalue weighted by molar-refractivity contribution is 4.84. The van der Waals surface area contributed by atoms with Crippen LogP contribution in [0.1, 0.15) is 19.2 Å². The molecule has 78 valence electrons. The molecule has 3 N–H and O–H groups in total. The van der Waals surface area contributed by atoms with Crippen molar-refractivity contribution in [3.05, 3.63) is 5.82 Å². The topological polar surface area (TPSA) is 83.7 Å². The van der Waals surface area contributed by atoms with Crippen LogP contribution in [0, 0.1) is 5.92 Å². The van der Waals surface area contributed by atoms with Gasteiger partial charge in [0.2, 0.25) is 0 Å². The molecule has 1 aliphatic rings. The SMILES string of the molecule is CC(N)C1CCN(Cc2nn[nH]n2)C1. The summed E-state index contributed by atoms with van der Waals surface area (Å²) in [7, 11) is 0. The first-order chi connectivity index (χ1) is 6.75. The number of aromatic amines is 1. The summed E-state index contributed by atoms with van der Waals surface area (Å²) < 4.78 is 0. The monoisotopic (exact) mass is 196 g/mol. The molecule has 0 bridgehead atoms. The Hall–Kier alpha value is -1.01. The fraction of sp³-hybridized carbons (Fsp3) is 0.875. The molecule has 0 aliphatic carbocycles. The van der Waals surface area contributed by atoms with Crippen LogP contribution >= 0.6 is 0 Å². The molecule has 1 aromatic heterocycles. The maximum Gasteiger partial charge on any atom is 0.188 e. The van der Waals surface area contributed by atoms with Crippen LogP contribution in [0.5, 0.6) is 0 Å². The van der Waals surface area contributed by atoms with Gasteiger partial charge in [-0.3, -0.25) is 4.90 Å². The molecule has 0 amide bonds. The van der Waals surface area contributed by atoms with Crippen molar-refractivity contribution in [2.24, 2.45) is 11.7 Å². The van der Waals surface area contributed by atoms with E-state index in [1.807, 2.05) is 0 Å². The van der Waals surface area contributed by atoms with Gasteiger partial charge in [0.05, 0.1) is 6.54 Å². The van der Waals surface area contributed by atoms with E-state index in [-0.39, 0.29) is 6.04 Å². The van der Waals surface area contributed by atoms with Crippen LogP contribution in [0.3, 0.4) is 0 Å². The Labute approximate surface area is 82.9 Å². The molecule has 14 heavy (non-hydrogen) atoms. The highest BCUT2D eigenvalue weighted by atomic mass is 15.5. The number of nitrogens with zero attached hydrogens (tertiary/aromatic N) is 4. The minimum Gasteiger partial charge on any atom is -0.328 e. The van der Waals surface area contributed by atoms with Crippen molar-refractivity contribution < 1.29 is 0 Å². The third-order valence-electron chi connectivity index (χ3n) is 2.81. The van der Waals surface area contributed by atoms with Crippen LogP contribution in [-0.2, 0) is 6.54 Å². The second kappa shape index (κ2) is 4.02. The van der Waals surface area contributed by atoms with Crippen LogP contribution in [-0.4, -0.2) is 44.7 Å². The first-order valence-corrected chi connectivity index (χ1v) is 4.96. The van der Waals surface area contributed by atoms with E-state index in [9.17, 15) is 0 Å². The lowest BCUT2D eigenvalue weighted by Gasteiger charge is -2.15. The van der Waals surface area contributed by atoms with E-state index in [4.69, 9.17) is 5.73 Å². The zero-order valence-corrected chi connectivity index (χ0v) is 8.35. The Morgan fingerprint density at radius 3 is 3.14 bits per heavy atom. The van der Waals surface area contributed by atoms with E-state index in [1.54, 1.807) is 0 Å². The van der Waals surface area contributed by atoms with Crippen LogP contribution in [0.2, 0.25) is 0 Å². The average molecular weight is 196 g/mol. The molecule has 1 aromatic rings. The second-order valence-electron chi connectivity index (χ2n) is 3.97. The molecule has 0 radical (unpaired) electrons. The molecule has 6 heteroatoms. The highest BCUT2D eigenvalue weighted by Gasteiger charge is 2.25. The summed E-state index contributed by atoms with van der Waals surface area (Å²) in [4.78, 5) is 2.32. The summed E-state index contributed by atoms with van der Waals surface area (Å²) in [6, 6.07) is 0.283. The van der Waals surface area contributed by atoms with Gasteiger partial charge in [-0.1, -0.05) is 5.21 Å². The van der Waals surface area contributed by atoms with Crippen molar-refractivity contribution in [1.82, 2.24) is 25.5 Å². The summed E-state index contributed by atoms with van der Waals surface area (Å²) >= 11 is 0. The highest BCUT2D eigenvalue weighted by Crippen LogP contribution is 2.19. The minimum atomic E-state index is 0.283. The van der Waals surface area contributed by atoms with E-state index < -0.39 is 0 Å². The fourth-order valence-electron chi connectivity index (χ4n) is 1.88. The van der Waals surface area contributed by atoms with Gasteiger partial charge in [-0.2, -0.15) is 5.21 Å². The predicted molar refractivity (Wildman–Crippen MR) is 51.2 cm³/mol. The molecule has 2 heterocycles. The van der Waals surface area contributed by atoms with E-state index >= 15 is 0 Å². The quantitative estimate of drug-likeness (QED) is 0.672. The Bertz CT molecular complexity index is 269. The third-order valence-corrected chi connectivity index (χ3v) is 2.81. The molecule has 1 aliphatic heterocycles. The van der Waals surface area contributed by atoms with Crippen LogP contribution in [0.4, 0.5) is 0 Å². The van der Waals surface area contributed by atoms with Gasteiger partial charge in [-0.25, -0.2) is 0 Å². The maximum atomic E-state index is 5.86. The largest absolute Gasteiger partial charge is 0.328 e. The number of tetrazole rings is 1. The van der Waals surface area contributed by atoms with Crippen LogP contribution in [0.15, 0.2) is 0 Å². The smallest absolute Gasteiger partial charge is 0.188 e. The van der Waals surface area contributed by atoms with Gasteiger partial charge in [0.25, 0.3) is 0 Å². The molecular weight excluding hydrogens is 180 g/mol. The molecule has 0 aromatic carbocycles. The van der Waals surface area contributed by atoms with E-state index in [1.165, 1.54) is 6.42 Å². The number of nitrogens with one attached hydrogen (secondary N) is 1. The Morgan fingerprint density at radius 2 is 2.57 bits per heavy atom. The van der Waals surface area contributed by atoms with E-state index in [0.717, 1.165) is 25.5 Å². The van der Waals surface area contributed by atoms with Gasteiger partial charge in [0.15, 0.2) is 5.82 Å². The average Bonchev–Trinajstić information content (AvgIpc) is 2.75. The molecule has 0 saturated carbocycles. The summed E-state index contributed by atoms with van der Waals surface area (Å²) in [5.74, 6) is 1.37. The number of hydrogen-bond donors (Lipinski definition) is 2. The number of likely N-dealkylation sites (tertiary alicyclic amines) is 1. The lowest BCUT2D eigenvalue weighted by molar-refractivity contribution is 0.301. The molecule has 1 saturated heterocycles. The first kappa shape index (κ1) is 9.54. The third kappa shape index (κ3) is 2.08. The number of nitrogens with two attached hydrogens (primary N) is 1. The Balaban J connectivity index is 1.84. The summed E-state index contributed by atoms with van der Waals surface area (Å²) in [6.45, 7) is 4.98. The predicted octanol–water partition coefficient (Wildman–Crippen LogP) is -0.631. The van der Waals surface area contributed by atoms with Gasteiger partial charge in [-0.15, -0.1) is 10.2 Å². The van der Waals surface area contributed by atoms with Crippen molar-refractivity contribution in [3.63, 3.8) is 0 Å². The van der Waals surface area contributed by atoms with Crippen molar-refractivity contribution in [2.45, 2.75) is 25.9 Å². The lowest BCUT2D eigenvalue weighted by atomic mass is 10.0. The van der Waals surface area contributed by atoms with E-state index in [2.05, 4.69) is 32.4 Å². The number of aromatic nitrogens is 4. The summed E-state index contributed by atoms with van der Waals surface area (Å²) in [5, 5.41) is 13.8.